The molecule has 2 aromatic carbocycles. The zero-order valence-electron chi connectivity index (χ0n) is 19.5. The fraction of sp³-hybridized carbons (Fsp3) is 0.217. The Morgan fingerprint density at radius 3 is 2.15 bits per heavy atom. The molecule has 0 unspecified atom stereocenters. The Morgan fingerprint density at radius 2 is 1.62 bits per heavy atom. The number of rotatable bonds is 4. The molecular formula is C23H17F6N3O5S2. The third-order valence-corrected chi connectivity index (χ3v) is 7.79. The number of fused-ring (bicyclic) bond motifs is 1. The standard InChI is InChI=1S/C21H16F3N3O3S2.C2HF3O2/c1-20(14-6-8-15(9-7-14)32(29,30)21(22,23)24)18(31)26-19(28)27(20)12-13-10-11-25-17-5-3-2-4-16(13)17;3-2(4,5)1(6)7/h2-11H,12H2,1H3,(H,26,28,31);(H,6,7)/t20-;/m0./s1. The maximum Gasteiger partial charge on any atom is 0.501 e. The first-order valence-corrected chi connectivity index (χ1v) is 12.5. The van der Waals surface area contributed by atoms with Gasteiger partial charge >= 0.3 is 23.7 Å². The summed E-state index contributed by atoms with van der Waals surface area (Å²) < 4.78 is 93.7. The van der Waals surface area contributed by atoms with E-state index in [2.05, 4.69) is 10.3 Å². The van der Waals surface area contributed by atoms with Crippen LogP contribution in [-0.4, -0.2) is 52.1 Å². The molecule has 0 aliphatic carbocycles. The van der Waals surface area contributed by atoms with Gasteiger partial charge in [0.05, 0.1) is 10.4 Å². The fourth-order valence-corrected chi connectivity index (χ4v) is 4.76. The van der Waals surface area contributed by atoms with E-state index in [1.807, 2.05) is 24.3 Å². The molecule has 2 N–H and O–H groups in total. The second kappa shape index (κ2) is 10.4. The van der Waals surface area contributed by atoms with Crippen LogP contribution in [0, 0.1) is 0 Å². The van der Waals surface area contributed by atoms with Crippen LogP contribution in [0.2, 0.25) is 0 Å². The van der Waals surface area contributed by atoms with Crippen LogP contribution < -0.4 is 5.32 Å². The molecule has 0 radical (unpaired) electrons. The van der Waals surface area contributed by atoms with Gasteiger partial charge in [0.15, 0.2) is 0 Å². The first-order chi connectivity index (χ1) is 17.9. The van der Waals surface area contributed by atoms with Gasteiger partial charge in [0, 0.05) is 18.1 Å². The number of hydrogen-bond donors (Lipinski definition) is 2. The molecule has 1 atom stereocenters. The van der Waals surface area contributed by atoms with Crippen LogP contribution in [0.1, 0.15) is 18.1 Å². The highest BCUT2D eigenvalue weighted by Gasteiger charge is 2.49. The van der Waals surface area contributed by atoms with Crippen molar-refractivity contribution < 1.29 is 49.5 Å². The number of thiocarbonyl (C=S) groups is 1. The maximum atomic E-state index is 12.9. The molecule has 3 aromatic rings. The molecule has 0 bridgehead atoms. The molecule has 2 amide bonds. The van der Waals surface area contributed by atoms with Gasteiger partial charge in [-0.1, -0.05) is 42.5 Å². The molecule has 208 valence electrons. The van der Waals surface area contributed by atoms with E-state index in [4.69, 9.17) is 22.1 Å². The second-order valence-electron chi connectivity index (χ2n) is 8.18. The van der Waals surface area contributed by atoms with Crippen molar-refractivity contribution in [2.24, 2.45) is 0 Å². The quantitative estimate of drug-likeness (QED) is 0.326. The predicted octanol–water partition coefficient (Wildman–Crippen LogP) is 4.93. The van der Waals surface area contributed by atoms with Gasteiger partial charge in [-0.3, -0.25) is 10.3 Å². The zero-order chi connectivity index (χ0) is 29.4. The number of para-hydroxylation sites is 1. The number of carboxylic acids is 1. The number of nitrogens with one attached hydrogen (secondary N) is 1. The Labute approximate surface area is 222 Å². The number of carbonyl (C=O) groups is 2. The first-order valence-electron chi connectivity index (χ1n) is 10.6. The predicted molar refractivity (Wildman–Crippen MR) is 129 cm³/mol. The monoisotopic (exact) mass is 593 g/mol. The number of aliphatic carboxylic acids is 1. The number of pyridine rings is 1. The van der Waals surface area contributed by atoms with Crippen LogP contribution in [0.5, 0.6) is 0 Å². The lowest BCUT2D eigenvalue weighted by Crippen LogP contribution is -2.43. The summed E-state index contributed by atoms with van der Waals surface area (Å²) in [4.78, 5) is 26.7. The SMILES string of the molecule is C[C@]1(c2ccc(S(=O)(=O)C(F)(F)F)cc2)C(=S)NC(=O)N1Cc1ccnc2ccccc12.O=C(O)C(F)(F)F. The molecule has 1 aliphatic heterocycles. The highest BCUT2D eigenvalue weighted by molar-refractivity contribution is 7.92. The normalized spacial score (nSPS) is 18.0. The van der Waals surface area contributed by atoms with Crippen LogP contribution in [0.15, 0.2) is 65.7 Å². The number of benzene rings is 2. The lowest BCUT2D eigenvalue weighted by Gasteiger charge is -2.34. The summed E-state index contributed by atoms with van der Waals surface area (Å²) in [7, 11) is -5.48. The molecule has 8 nitrogen and oxygen atoms in total. The van der Waals surface area contributed by atoms with Crippen molar-refractivity contribution in [3.05, 3.63) is 71.9 Å². The smallest absolute Gasteiger partial charge is 0.475 e. The minimum Gasteiger partial charge on any atom is -0.475 e. The molecular weight excluding hydrogens is 576 g/mol. The van der Waals surface area contributed by atoms with Crippen LogP contribution in [-0.2, 0) is 26.7 Å². The van der Waals surface area contributed by atoms with Gasteiger partial charge in [-0.2, -0.15) is 26.3 Å². The number of carboxylic acid groups (broad SMARTS) is 1. The van der Waals surface area contributed by atoms with Crippen molar-refractivity contribution >= 4 is 49.9 Å². The van der Waals surface area contributed by atoms with Gasteiger partial charge < -0.3 is 10.0 Å². The average molecular weight is 594 g/mol. The highest BCUT2D eigenvalue weighted by atomic mass is 32.2. The molecule has 0 saturated carbocycles. The molecule has 0 spiro atoms. The highest BCUT2D eigenvalue weighted by Crippen LogP contribution is 2.37. The number of aromatic nitrogens is 1. The van der Waals surface area contributed by atoms with Gasteiger partial charge in [-0.15, -0.1) is 0 Å². The van der Waals surface area contributed by atoms with E-state index in [0.29, 0.717) is 5.56 Å². The number of carbonyl (C=O) groups excluding carboxylic acids is 1. The largest absolute Gasteiger partial charge is 0.501 e. The second-order valence-corrected chi connectivity index (χ2v) is 10.5. The van der Waals surface area contributed by atoms with Crippen molar-refractivity contribution in [2.75, 3.05) is 0 Å². The number of amides is 2. The third kappa shape index (κ3) is 5.80. The zero-order valence-corrected chi connectivity index (χ0v) is 21.2. The van der Waals surface area contributed by atoms with Crippen molar-refractivity contribution in [3.8, 4) is 0 Å². The number of alkyl halides is 6. The van der Waals surface area contributed by atoms with Crippen LogP contribution >= 0.6 is 12.2 Å². The van der Waals surface area contributed by atoms with Crippen molar-refractivity contribution in [1.82, 2.24) is 15.2 Å². The first kappa shape index (κ1) is 29.8. The van der Waals surface area contributed by atoms with E-state index < -0.39 is 44.0 Å². The van der Waals surface area contributed by atoms with Gasteiger partial charge in [-0.05, 0) is 42.3 Å². The average Bonchev–Trinajstić information content (AvgIpc) is 3.07. The minimum absolute atomic E-state index is 0.147. The Hall–Kier alpha value is -3.79. The van der Waals surface area contributed by atoms with E-state index in [-0.39, 0.29) is 11.5 Å². The Morgan fingerprint density at radius 1 is 1.05 bits per heavy atom. The summed E-state index contributed by atoms with van der Waals surface area (Å²) in [6, 6.07) is 12.9. The van der Waals surface area contributed by atoms with Crippen LogP contribution in [0.4, 0.5) is 31.1 Å². The Bertz CT molecular complexity index is 1540. The fourth-order valence-electron chi connectivity index (χ4n) is 3.68. The molecule has 1 saturated heterocycles. The third-order valence-electron chi connectivity index (χ3n) is 5.79. The van der Waals surface area contributed by atoms with E-state index >= 15 is 0 Å². The summed E-state index contributed by atoms with van der Waals surface area (Å²) >= 11 is 5.38. The van der Waals surface area contributed by atoms with Gasteiger partial charge in [-0.25, -0.2) is 18.0 Å². The molecule has 4 rings (SSSR count). The van der Waals surface area contributed by atoms with E-state index in [9.17, 15) is 39.6 Å². The number of sulfone groups is 1. The molecule has 1 aromatic heterocycles. The molecule has 39 heavy (non-hydrogen) atoms. The minimum atomic E-state index is -5.48. The van der Waals surface area contributed by atoms with Crippen LogP contribution in [0.25, 0.3) is 10.9 Å². The van der Waals surface area contributed by atoms with Gasteiger partial charge in [0.1, 0.15) is 10.5 Å². The van der Waals surface area contributed by atoms with E-state index in [1.54, 1.807) is 19.2 Å². The van der Waals surface area contributed by atoms with Gasteiger partial charge in [0.2, 0.25) is 0 Å². The van der Waals surface area contributed by atoms with Crippen molar-refractivity contribution in [3.63, 3.8) is 0 Å². The van der Waals surface area contributed by atoms with Crippen molar-refractivity contribution in [1.29, 1.82) is 0 Å². The number of nitrogens with zero attached hydrogens (tertiary/aromatic N) is 2. The summed E-state index contributed by atoms with van der Waals surface area (Å²) in [6.45, 7) is 1.80. The van der Waals surface area contributed by atoms with Gasteiger partial charge in [0.25, 0.3) is 9.84 Å². The summed E-state index contributed by atoms with van der Waals surface area (Å²) in [6.07, 6.45) is -3.46. The summed E-state index contributed by atoms with van der Waals surface area (Å²) in [5, 5.41) is 10.6. The van der Waals surface area contributed by atoms with Crippen LogP contribution in [0.3, 0.4) is 0 Å². The lowest BCUT2D eigenvalue weighted by atomic mass is 9.90. The number of urea groups is 1. The molecule has 16 heteroatoms. The summed E-state index contributed by atoms with van der Waals surface area (Å²) in [5.41, 5.74) is -4.68. The molecule has 2 heterocycles. The molecule has 1 fully saturated rings. The number of halogens is 6. The lowest BCUT2D eigenvalue weighted by molar-refractivity contribution is -0.192. The number of hydrogen-bond acceptors (Lipinski definition) is 6. The molecule has 1 aliphatic rings. The maximum absolute atomic E-state index is 12.9. The topological polar surface area (TPSA) is 117 Å². The van der Waals surface area contributed by atoms with E-state index in [1.165, 1.54) is 17.0 Å². The van der Waals surface area contributed by atoms with E-state index in [0.717, 1.165) is 28.6 Å². The Balaban J connectivity index is 0.000000532. The van der Waals surface area contributed by atoms with Crippen molar-refractivity contribution in [2.45, 2.75) is 35.6 Å². The Kier molecular flexibility index (Phi) is 7.94. The summed E-state index contributed by atoms with van der Waals surface area (Å²) in [5.74, 6) is -2.76.